The summed E-state index contributed by atoms with van der Waals surface area (Å²) in [5, 5.41) is 10.0. The Labute approximate surface area is 233 Å². The Kier molecular flexibility index (Phi) is 8.92. The van der Waals surface area contributed by atoms with E-state index < -0.39 is 11.8 Å². The summed E-state index contributed by atoms with van der Waals surface area (Å²) in [5.41, 5.74) is 3.12. The van der Waals surface area contributed by atoms with Gasteiger partial charge in [0.05, 0.1) is 12.7 Å². The van der Waals surface area contributed by atoms with Crippen molar-refractivity contribution in [3.63, 3.8) is 0 Å². The number of nitrogens with zero attached hydrogens (tertiary/aromatic N) is 2. The average molecular weight is 537 g/mol. The van der Waals surface area contributed by atoms with Crippen LogP contribution in [0.4, 0.5) is 4.39 Å². The van der Waals surface area contributed by atoms with E-state index in [2.05, 4.69) is 23.1 Å². The Morgan fingerprint density at radius 3 is 2.31 bits per heavy atom. The van der Waals surface area contributed by atoms with Crippen LogP contribution in [0.25, 0.3) is 11.1 Å². The highest BCUT2D eigenvalue weighted by molar-refractivity contribution is 5.97. The molecule has 5 rings (SSSR count). The molecule has 39 heavy (non-hydrogen) atoms. The Bertz CT molecular complexity index is 1100. The summed E-state index contributed by atoms with van der Waals surface area (Å²) in [5.74, 6) is 1.89. The lowest BCUT2D eigenvalue weighted by atomic mass is 9.94. The molecular weight excluding hydrogens is 491 g/mol. The van der Waals surface area contributed by atoms with Gasteiger partial charge in [0.15, 0.2) is 0 Å². The molecule has 0 bridgehead atoms. The van der Waals surface area contributed by atoms with Crippen LogP contribution in [0.5, 0.6) is 5.75 Å². The number of amides is 1. The van der Waals surface area contributed by atoms with Gasteiger partial charge in [-0.05, 0) is 111 Å². The van der Waals surface area contributed by atoms with Gasteiger partial charge in [0.2, 0.25) is 0 Å². The van der Waals surface area contributed by atoms with Gasteiger partial charge < -0.3 is 19.6 Å². The van der Waals surface area contributed by atoms with Crippen LogP contribution in [0.2, 0.25) is 0 Å². The third-order valence-corrected chi connectivity index (χ3v) is 9.14. The number of benzene rings is 2. The standard InChI is InChI=1S/C33H45FN2O3/c1-3-33(34,4-2)23-35-18-15-24(16-19-35)22-39-29-12-9-25(10-13-29)27-11-14-30(31(20-27)26-7-8-26)32(38)36-17-5-6-28(37)21-36/h9-14,20,24,26,28,37H,3-8,15-19,21-23H2,1-2H3/t28-/m0/s1. The number of aliphatic hydroxyl groups excluding tert-OH is 1. The van der Waals surface area contributed by atoms with E-state index in [1.54, 1.807) is 0 Å². The molecule has 1 saturated carbocycles. The van der Waals surface area contributed by atoms with Crippen LogP contribution < -0.4 is 4.74 Å². The van der Waals surface area contributed by atoms with E-state index >= 15 is 0 Å². The molecule has 0 radical (unpaired) electrons. The maximum absolute atomic E-state index is 14.8. The van der Waals surface area contributed by atoms with Gasteiger partial charge in [-0.3, -0.25) is 4.79 Å². The molecule has 1 aliphatic carbocycles. The first-order valence-electron chi connectivity index (χ1n) is 15.1. The molecule has 1 amide bonds. The molecule has 2 aromatic carbocycles. The van der Waals surface area contributed by atoms with Crippen LogP contribution >= 0.6 is 0 Å². The number of alkyl halides is 1. The molecule has 0 unspecified atom stereocenters. The number of carbonyl (C=O) groups is 1. The Balaban J connectivity index is 1.16. The van der Waals surface area contributed by atoms with Crippen LogP contribution in [0.3, 0.4) is 0 Å². The molecule has 2 heterocycles. The van der Waals surface area contributed by atoms with Gasteiger partial charge in [0, 0.05) is 25.2 Å². The number of rotatable bonds is 10. The van der Waals surface area contributed by atoms with Crippen molar-refractivity contribution in [2.24, 2.45) is 5.92 Å². The number of likely N-dealkylation sites (tertiary alicyclic amines) is 2. The summed E-state index contributed by atoms with van der Waals surface area (Å²) in [6.07, 6.45) is 6.73. The van der Waals surface area contributed by atoms with E-state index in [-0.39, 0.29) is 5.91 Å². The van der Waals surface area contributed by atoms with Crippen LogP contribution in [-0.2, 0) is 0 Å². The number of carbonyl (C=O) groups excluding carboxylic acids is 1. The Morgan fingerprint density at radius 1 is 0.974 bits per heavy atom. The van der Waals surface area contributed by atoms with Gasteiger partial charge in [-0.1, -0.05) is 38.1 Å². The molecule has 212 valence electrons. The van der Waals surface area contributed by atoms with Crippen molar-refractivity contribution >= 4 is 5.91 Å². The second-order valence-corrected chi connectivity index (χ2v) is 12.0. The van der Waals surface area contributed by atoms with E-state index in [1.807, 2.05) is 43.0 Å². The SMILES string of the molecule is CCC(F)(CC)CN1CCC(COc2ccc(-c3ccc(C(=O)N4CCC[C@H](O)C4)c(C4CC4)c3)cc2)CC1. The smallest absolute Gasteiger partial charge is 0.254 e. The maximum Gasteiger partial charge on any atom is 0.254 e. The first-order chi connectivity index (χ1) is 18.9. The number of aliphatic hydroxyl groups is 1. The molecule has 0 spiro atoms. The minimum Gasteiger partial charge on any atom is -0.493 e. The molecule has 3 fully saturated rings. The minimum absolute atomic E-state index is 0.0523. The first-order valence-corrected chi connectivity index (χ1v) is 15.1. The lowest BCUT2D eigenvalue weighted by Gasteiger charge is -2.36. The van der Waals surface area contributed by atoms with E-state index in [9.17, 15) is 14.3 Å². The highest BCUT2D eigenvalue weighted by Crippen LogP contribution is 2.43. The Morgan fingerprint density at radius 2 is 1.67 bits per heavy atom. The summed E-state index contributed by atoms with van der Waals surface area (Å²) in [7, 11) is 0. The summed E-state index contributed by atoms with van der Waals surface area (Å²) in [6.45, 7) is 8.18. The average Bonchev–Trinajstić information content (AvgIpc) is 3.82. The van der Waals surface area contributed by atoms with Crippen molar-refractivity contribution in [3.05, 3.63) is 53.6 Å². The van der Waals surface area contributed by atoms with Gasteiger partial charge in [-0.2, -0.15) is 0 Å². The van der Waals surface area contributed by atoms with Crippen LogP contribution in [-0.4, -0.2) is 71.9 Å². The third kappa shape index (κ3) is 7.01. The van der Waals surface area contributed by atoms with E-state index in [0.29, 0.717) is 44.4 Å². The fourth-order valence-electron chi connectivity index (χ4n) is 6.12. The number of ether oxygens (including phenoxy) is 1. The predicted octanol–water partition coefficient (Wildman–Crippen LogP) is 6.45. The monoisotopic (exact) mass is 536 g/mol. The topological polar surface area (TPSA) is 53.0 Å². The van der Waals surface area contributed by atoms with Crippen LogP contribution in [0.1, 0.15) is 87.1 Å². The number of piperidine rings is 2. The molecule has 2 aromatic rings. The summed E-state index contributed by atoms with van der Waals surface area (Å²) < 4.78 is 20.9. The fourth-order valence-corrected chi connectivity index (χ4v) is 6.12. The highest BCUT2D eigenvalue weighted by atomic mass is 19.1. The normalized spacial score (nSPS) is 21.2. The third-order valence-electron chi connectivity index (χ3n) is 9.14. The quantitative estimate of drug-likeness (QED) is 0.379. The van der Waals surface area contributed by atoms with Gasteiger partial charge in [-0.25, -0.2) is 4.39 Å². The van der Waals surface area contributed by atoms with Gasteiger partial charge >= 0.3 is 0 Å². The molecule has 2 aliphatic heterocycles. The molecule has 3 aliphatic rings. The zero-order valence-corrected chi connectivity index (χ0v) is 23.7. The van der Waals surface area contributed by atoms with Gasteiger partial charge in [0.1, 0.15) is 11.4 Å². The predicted molar refractivity (Wildman–Crippen MR) is 154 cm³/mol. The number of hydrogen-bond donors (Lipinski definition) is 1. The zero-order valence-electron chi connectivity index (χ0n) is 23.7. The largest absolute Gasteiger partial charge is 0.493 e. The Hall–Kier alpha value is -2.44. The van der Waals surface area contributed by atoms with E-state index in [4.69, 9.17) is 4.74 Å². The molecule has 5 nitrogen and oxygen atoms in total. The summed E-state index contributed by atoms with van der Waals surface area (Å²) in [4.78, 5) is 17.4. The molecule has 1 atom stereocenters. The van der Waals surface area contributed by atoms with Crippen molar-refractivity contribution in [1.29, 1.82) is 0 Å². The molecule has 6 heteroatoms. The van der Waals surface area contributed by atoms with Crippen LogP contribution in [0.15, 0.2) is 42.5 Å². The maximum atomic E-state index is 14.8. The van der Waals surface area contributed by atoms with Gasteiger partial charge in [-0.15, -0.1) is 0 Å². The van der Waals surface area contributed by atoms with E-state index in [1.165, 1.54) is 0 Å². The number of halogens is 1. The van der Waals surface area contributed by atoms with Crippen LogP contribution in [0, 0.1) is 5.92 Å². The zero-order chi connectivity index (χ0) is 27.4. The molecular formula is C33H45FN2O3. The molecule has 2 saturated heterocycles. The minimum atomic E-state index is -1.06. The summed E-state index contributed by atoms with van der Waals surface area (Å²) in [6, 6.07) is 14.5. The van der Waals surface area contributed by atoms with Crippen molar-refractivity contribution in [2.75, 3.05) is 39.3 Å². The summed E-state index contributed by atoms with van der Waals surface area (Å²) >= 11 is 0. The number of β-amino-alcohol motifs (C(OH)–C–C–N with tert-alkyl or cyclic N) is 1. The lowest BCUT2D eigenvalue weighted by Crippen LogP contribution is -2.44. The van der Waals surface area contributed by atoms with E-state index in [0.717, 1.165) is 86.2 Å². The lowest BCUT2D eigenvalue weighted by molar-refractivity contribution is 0.0473. The van der Waals surface area contributed by atoms with Crippen molar-refractivity contribution < 1.29 is 19.0 Å². The van der Waals surface area contributed by atoms with Gasteiger partial charge in [0.25, 0.3) is 5.91 Å². The number of hydrogen-bond acceptors (Lipinski definition) is 4. The first kappa shape index (κ1) is 28.1. The fraction of sp³-hybridized carbons (Fsp3) is 0.606. The second-order valence-electron chi connectivity index (χ2n) is 12.0. The molecule has 1 N–H and O–H groups in total. The highest BCUT2D eigenvalue weighted by Gasteiger charge is 2.32. The van der Waals surface area contributed by atoms with Crippen molar-refractivity contribution in [2.45, 2.75) is 82.9 Å². The van der Waals surface area contributed by atoms with Crippen molar-refractivity contribution in [1.82, 2.24) is 9.80 Å². The second kappa shape index (κ2) is 12.4. The molecule has 0 aromatic heterocycles. The van der Waals surface area contributed by atoms with Crippen molar-refractivity contribution in [3.8, 4) is 16.9 Å².